The Bertz CT molecular complexity index is 363. The molecule has 0 aromatic carbocycles. The lowest BCUT2D eigenvalue weighted by molar-refractivity contribution is -0.194. The minimum absolute atomic E-state index is 0.157. The normalized spacial score (nSPS) is 19.8. The fraction of sp³-hybridized carbons (Fsp3) is 0.583. The van der Waals surface area contributed by atoms with Crippen LogP contribution in [0.4, 0.5) is 0 Å². The van der Waals surface area contributed by atoms with Crippen LogP contribution in [0.25, 0.3) is 0 Å². The van der Waals surface area contributed by atoms with Crippen LogP contribution < -0.4 is 0 Å². The number of ether oxygens (including phenoxy) is 2. The monoisotopic (exact) mass is 255 g/mol. The van der Waals surface area contributed by atoms with E-state index in [1.54, 1.807) is 13.0 Å². The second-order valence-electron chi connectivity index (χ2n) is 3.90. The summed E-state index contributed by atoms with van der Waals surface area (Å²) in [5.41, 5.74) is 0. The largest absolute Gasteiger partial charge is 0.462 e. The van der Waals surface area contributed by atoms with Gasteiger partial charge in [0, 0.05) is 19.4 Å². The van der Waals surface area contributed by atoms with Crippen molar-refractivity contribution >= 4 is 17.8 Å². The number of β-lactam (4-membered cyclic amide) rings is 1. The van der Waals surface area contributed by atoms with Gasteiger partial charge in [0.15, 0.2) is 0 Å². The molecule has 0 N–H and O–H groups in total. The van der Waals surface area contributed by atoms with E-state index in [1.165, 1.54) is 11.8 Å². The van der Waals surface area contributed by atoms with Crippen LogP contribution in [0.15, 0.2) is 12.7 Å². The summed E-state index contributed by atoms with van der Waals surface area (Å²) in [6.07, 6.45) is 1.24. The Morgan fingerprint density at radius 2 is 2.28 bits per heavy atom. The highest BCUT2D eigenvalue weighted by Crippen LogP contribution is 2.26. The first-order valence-corrected chi connectivity index (χ1v) is 5.77. The molecular formula is C12H17NO5. The van der Waals surface area contributed by atoms with Gasteiger partial charge in [-0.25, -0.2) is 4.79 Å². The highest BCUT2D eigenvalue weighted by molar-refractivity contribution is 5.89. The van der Waals surface area contributed by atoms with Crippen molar-refractivity contribution < 1.29 is 23.9 Å². The average Bonchev–Trinajstić information content (AvgIpc) is 2.27. The molecule has 0 aromatic rings. The van der Waals surface area contributed by atoms with Gasteiger partial charge in [0.25, 0.3) is 6.23 Å². The standard InChI is InChI=1S/C12H17NO5/c1-4-6-9-7-10(15)13(9)11(18-8(3)14)12(16)17-5-2/h4,9,11H,1,5-7H2,2-3H3. The first-order chi connectivity index (χ1) is 8.51. The minimum atomic E-state index is -1.28. The molecular weight excluding hydrogens is 238 g/mol. The molecule has 18 heavy (non-hydrogen) atoms. The molecule has 1 rings (SSSR count). The Morgan fingerprint density at radius 3 is 2.72 bits per heavy atom. The van der Waals surface area contributed by atoms with E-state index in [9.17, 15) is 14.4 Å². The molecule has 1 saturated heterocycles. The van der Waals surface area contributed by atoms with Gasteiger partial charge in [-0.05, 0) is 13.3 Å². The fourth-order valence-corrected chi connectivity index (χ4v) is 1.80. The number of amides is 1. The molecule has 1 amide bonds. The summed E-state index contributed by atoms with van der Waals surface area (Å²) in [6.45, 7) is 6.56. The maximum absolute atomic E-state index is 11.7. The number of carbonyl (C=O) groups is 3. The topological polar surface area (TPSA) is 72.9 Å². The summed E-state index contributed by atoms with van der Waals surface area (Å²) < 4.78 is 9.67. The molecule has 6 heteroatoms. The second-order valence-corrected chi connectivity index (χ2v) is 3.90. The van der Waals surface area contributed by atoms with Gasteiger partial charge in [-0.15, -0.1) is 6.58 Å². The van der Waals surface area contributed by atoms with Crippen molar-refractivity contribution in [3.8, 4) is 0 Å². The van der Waals surface area contributed by atoms with Gasteiger partial charge in [0.05, 0.1) is 6.61 Å². The maximum Gasteiger partial charge on any atom is 0.369 e. The Balaban J connectivity index is 2.80. The average molecular weight is 255 g/mol. The summed E-state index contributed by atoms with van der Waals surface area (Å²) in [5, 5.41) is 0. The number of carbonyl (C=O) groups excluding carboxylic acids is 3. The molecule has 0 aliphatic carbocycles. The van der Waals surface area contributed by atoms with Crippen LogP contribution in [0.5, 0.6) is 0 Å². The van der Waals surface area contributed by atoms with Crippen LogP contribution in [0.3, 0.4) is 0 Å². The highest BCUT2D eigenvalue weighted by Gasteiger charge is 2.45. The molecule has 0 radical (unpaired) electrons. The summed E-state index contributed by atoms with van der Waals surface area (Å²) in [7, 11) is 0. The summed E-state index contributed by atoms with van der Waals surface area (Å²) in [5.74, 6) is -1.60. The van der Waals surface area contributed by atoms with Gasteiger partial charge in [0.1, 0.15) is 0 Å². The zero-order chi connectivity index (χ0) is 13.7. The fourth-order valence-electron chi connectivity index (χ4n) is 1.80. The summed E-state index contributed by atoms with van der Waals surface area (Å²) in [6, 6.07) is -0.163. The van der Waals surface area contributed by atoms with Gasteiger partial charge in [0.2, 0.25) is 5.91 Å². The Morgan fingerprint density at radius 1 is 1.61 bits per heavy atom. The van der Waals surface area contributed by atoms with E-state index in [1.807, 2.05) is 0 Å². The minimum Gasteiger partial charge on any atom is -0.462 e. The molecule has 0 bridgehead atoms. The quantitative estimate of drug-likeness (QED) is 0.395. The van der Waals surface area contributed by atoms with E-state index >= 15 is 0 Å². The lowest BCUT2D eigenvalue weighted by Gasteiger charge is -2.42. The Labute approximate surface area is 106 Å². The summed E-state index contributed by atoms with van der Waals surface area (Å²) >= 11 is 0. The van der Waals surface area contributed by atoms with Crippen LogP contribution in [-0.2, 0) is 23.9 Å². The molecule has 1 fully saturated rings. The van der Waals surface area contributed by atoms with Gasteiger partial charge in [-0.2, -0.15) is 0 Å². The van der Waals surface area contributed by atoms with Gasteiger partial charge >= 0.3 is 11.9 Å². The number of esters is 2. The van der Waals surface area contributed by atoms with Crippen molar-refractivity contribution in [2.75, 3.05) is 6.61 Å². The zero-order valence-corrected chi connectivity index (χ0v) is 10.5. The van der Waals surface area contributed by atoms with Crippen molar-refractivity contribution in [1.29, 1.82) is 0 Å². The van der Waals surface area contributed by atoms with Crippen molar-refractivity contribution in [3.05, 3.63) is 12.7 Å². The van der Waals surface area contributed by atoms with Gasteiger partial charge in [-0.3, -0.25) is 14.5 Å². The molecule has 1 heterocycles. The van der Waals surface area contributed by atoms with E-state index < -0.39 is 18.2 Å². The third kappa shape index (κ3) is 3.09. The number of rotatable bonds is 6. The van der Waals surface area contributed by atoms with Crippen molar-refractivity contribution in [1.82, 2.24) is 4.90 Å². The molecule has 0 saturated carbocycles. The van der Waals surface area contributed by atoms with E-state index in [0.29, 0.717) is 12.8 Å². The Hall–Kier alpha value is -1.85. The second kappa shape index (κ2) is 6.18. The van der Waals surface area contributed by atoms with E-state index in [4.69, 9.17) is 9.47 Å². The van der Waals surface area contributed by atoms with Crippen molar-refractivity contribution in [2.45, 2.75) is 39.0 Å². The maximum atomic E-state index is 11.7. The number of hydrogen-bond acceptors (Lipinski definition) is 5. The molecule has 2 unspecified atom stereocenters. The molecule has 2 atom stereocenters. The van der Waals surface area contributed by atoms with E-state index in [-0.39, 0.29) is 18.6 Å². The van der Waals surface area contributed by atoms with Crippen molar-refractivity contribution in [3.63, 3.8) is 0 Å². The van der Waals surface area contributed by atoms with Gasteiger partial charge in [-0.1, -0.05) is 6.08 Å². The van der Waals surface area contributed by atoms with Crippen molar-refractivity contribution in [2.24, 2.45) is 0 Å². The van der Waals surface area contributed by atoms with Crippen LogP contribution in [-0.4, -0.2) is 41.6 Å². The third-order valence-electron chi connectivity index (χ3n) is 2.55. The molecule has 0 aromatic heterocycles. The number of hydrogen-bond donors (Lipinski definition) is 0. The van der Waals surface area contributed by atoms with E-state index in [2.05, 4.69) is 6.58 Å². The SMILES string of the molecule is C=CCC1CC(=O)N1C(OC(C)=O)C(=O)OCC. The number of likely N-dealkylation sites (tertiary alicyclic amines) is 1. The lowest BCUT2D eigenvalue weighted by atomic mass is 9.98. The molecule has 1 aliphatic rings. The first kappa shape index (κ1) is 14.2. The molecule has 6 nitrogen and oxygen atoms in total. The zero-order valence-electron chi connectivity index (χ0n) is 10.5. The molecule has 100 valence electrons. The predicted octanol–water partition coefficient (Wildman–Crippen LogP) is 0.616. The lowest BCUT2D eigenvalue weighted by Crippen LogP contribution is -2.61. The predicted molar refractivity (Wildman–Crippen MR) is 62.3 cm³/mol. The van der Waals surface area contributed by atoms with Crippen LogP contribution in [0, 0.1) is 0 Å². The van der Waals surface area contributed by atoms with E-state index in [0.717, 1.165) is 0 Å². The van der Waals surface area contributed by atoms with Crippen LogP contribution in [0.1, 0.15) is 26.7 Å². The number of nitrogens with zero attached hydrogens (tertiary/aromatic N) is 1. The third-order valence-corrected chi connectivity index (χ3v) is 2.55. The Kier molecular flexibility index (Phi) is 4.88. The van der Waals surface area contributed by atoms with Crippen LogP contribution >= 0.6 is 0 Å². The smallest absolute Gasteiger partial charge is 0.369 e. The highest BCUT2D eigenvalue weighted by atomic mass is 16.6. The molecule has 1 aliphatic heterocycles. The van der Waals surface area contributed by atoms with Crippen LogP contribution in [0.2, 0.25) is 0 Å². The summed E-state index contributed by atoms with van der Waals surface area (Å²) in [4.78, 5) is 35.5. The molecule has 0 spiro atoms. The first-order valence-electron chi connectivity index (χ1n) is 5.77. The van der Waals surface area contributed by atoms with Gasteiger partial charge < -0.3 is 9.47 Å².